The first-order valence-corrected chi connectivity index (χ1v) is 11.2. The number of aryl methyl sites for hydroxylation is 1. The van der Waals surface area contributed by atoms with Gasteiger partial charge in [0.05, 0.1) is 13.2 Å². The van der Waals surface area contributed by atoms with Gasteiger partial charge in [-0.2, -0.15) is 0 Å². The highest BCUT2D eigenvalue weighted by molar-refractivity contribution is 5.87. The van der Waals surface area contributed by atoms with Crippen LogP contribution in [0.25, 0.3) is 10.9 Å². The summed E-state index contributed by atoms with van der Waals surface area (Å²) in [4.78, 5) is 4.81. The molecular weight excluding hydrogens is 406 g/mol. The number of aliphatic hydroxyl groups excluding tert-OH is 1. The SMILES string of the molecule is COc1ccc2c(c1)c([C@@H](O)CN1CCN(Cc3ccc4c(c3)OCO4)CC1)c(C)n2C. The van der Waals surface area contributed by atoms with E-state index in [0.717, 1.165) is 72.1 Å². The zero-order chi connectivity index (χ0) is 22.2. The molecular formula is C25H31N3O4. The minimum Gasteiger partial charge on any atom is -0.497 e. The fourth-order valence-electron chi connectivity index (χ4n) is 4.89. The minimum absolute atomic E-state index is 0.308. The van der Waals surface area contributed by atoms with Crippen molar-refractivity contribution in [3.63, 3.8) is 0 Å². The average molecular weight is 438 g/mol. The van der Waals surface area contributed by atoms with Gasteiger partial charge in [0, 0.05) is 68.5 Å². The van der Waals surface area contributed by atoms with E-state index in [-0.39, 0.29) is 0 Å². The van der Waals surface area contributed by atoms with Crippen molar-refractivity contribution in [2.45, 2.75) is 19.6 Å². The van der Waals surface area contributed by atoms with E-state index in [1.54, 1.807) is 7.11 Å². The fourth-order valence-corrected chi connectivity index (χ4v) is 4.89. The van der Waals surface area contributed by atoms with Gasteiger partial charge in [-0.15, -0.1) is 0 Å². The Hall–Kier alpha value is -2.74. The molecule has 7 nitrogen and oxygen atoms in total. The Bertz CT molecular complexity index is 1120. The summed E-state index contributed by atoms with van der Waals surface area (Å²) in [5.41, 5.74) is 4.46. The number of ether oxygens (including phenoxy) is 3. The first-order chi connectivity index (χ1) is 15.5. The van der Waals surface area contributed by atoms with E-state index in [2.05, 4.69) is 46.5 Å². The van der Waals surface area contributed by atoms with Gasteiger partial charge >= 0.3 is 0 Å². The maximum Gasteiger partial charge on any atom is 0.231 e. The number of nitrogens with zero attached hydrogens (tertiary/aromatic N) is 3. The molecule has 2 aliphatic heterocycles. The number of hydrogen-bond acceptors (Lipinski definition) is 6. The maximum atomic E-state index is 11.2. The number of aromatic nitrogens is 1. The molecule has 1 N–H and O–H groups in total. The number of piperazine rings is 1. The molecule has 32 heavy (non-hydrogen) atoms. The van der Waals surface area contributed by atoms with Crippen molar-refractivity contribution in [3.05, 3.63) is 53.2 Å². The normalized spacial score (nSPS) is 17.8. The standard InChI is InChI=1S/C25H31N3O4/c1-17-25(20-13-19(30-3)5-6-21(20)26(17)2)22(29)15-28-10-8-27(9-11-28)14-18-4-7-23-24(12-18)32-16-31-23/h4-7,12-13,22,29H,8-11,14-16H2,1-3H3/t22-/m0/s1. The second-order valence-electron chi connectivity index (χ2n) is 8.72. The summed E-state index contributed by atoms with van der Waals surface area (Å²) in [6.45, 7) is 7.75. The van der Waals surface area contributed by atoms with Crippen molar-refractivity contribution in [3.8, 4) is 17.2 Å². The Morgan fingerprint density at radius 3 is 2.53 bits per heavy atom. The van der Waals surface area contributed by atoms with Gasteiger partial charge in [-0.25, -0.2) is 0 Å². The fraction of sp³-hybridized carbons (Fsp3) is 0.440. The highest BCUT2D eigenvalue weighted by Crippen LogP contribution is 2.34. The number of hydrogen-bond donors (Lipinski definition) is 1. The molecule has 1 fully saturated rings. The summed E-state index contributed by atoms with van der Waals surface area (Å²) >= 11 is 0. The highest BCUT2D eigenvalue weighted by atomic mass is 16.7. The molecule has 3 heterocycles. The van der Waals surface area contributed by atoms with Crippen LogP contribution in [0.3, 0.4) is 0 Å². The molecule has 0 aliphatic carbocycles. The lowest BCUT2D eigenvalue weighted by Gasteiger charge is -2.35. The van der Waals surface area contributed by atoms with Crippen LogP contribution < -0.4 is 14.2 Å². The molecule has 0 radical (unpaired) electrons. The van der Waals surface area contributed by atoms with Gasteiger partial charge in [-0.1, -0.05) is 6.07 Å². The predicted molar refractivity (Wildman–Crippen MR) is 123 cm³/mol. The molecule has 1 atom stereocenters. The Labute approximate surface area is 188 Å². The lowest BCUT2D eigenvalue weighted by Crippen LogP contribution is -2.47. The minimum atomic E-state index is -0.536. The van der Waals surface area contributed by atoms with E-state index < -0.39 is 6.10 Å². The summed E-state index contributed by atoms with van der Waals surface area (Å²) in [5.74, 6) is 2.48. The molecule has 2 aliphatic rings. The van der Waals surface area contributed by atoms with Crippen molar-refractivity contribution in [1.82, 2.24) is 14.4 Å². The van der Waals surface area contributed by atoms with Gasteiger partial charge < -0.3 is 23.9 Å². The van der Waals surface area contributed by atoms with E-state index in [9.17, 15) is 5.11 Å². The molecule has 3 aromatic rings. The number of fused-ring (bicyclic) bond motifs is 2. The van der Waals surface area contributed by atoms with Gasteiger partial charge in [0.25, 0.3) is 0 Å². The van der Waals surface area contributed by atoms with Crippen molar-refractivity contribution in [2.24, 2.45) is 7.05 Å². The first-order valence-electron chi connectivity index (χ1n) is 11.2. The third-order valence-electron chi connectivity index (χ3n) is 6.82. The van der Waals surface area contributed by atoms with Crippen LogP contribution in [0.2, 0.25) is 0 Å². The Morgan fingerprint density at radius 1 is 1.00 bits per heavy atom. The van der Waals surface area contributed by atoms with E-state index >= 15 is 0 Å². The molecule has 0 amide bonds. The van der Waals surface area contributed by atoms with Gasteiger partial charge in [-0.05, 0) is 42.8 Å². The average Bonchev–Trinajstić information content (AvgIpc) is 3.37. The maximum absolute atomic E-state index is 11.2. The summed E-state index contributed by atoms with van der Waals surface area (Å²) in [7, 11) is 3.73. The number of rotatable bonds is 6. The monoisotopic (exact) mass is 437 g/mol. The van der Waals surface area contributed by atoms with Crippen molar-refractivity contribution < 1.29 is 19.3 Å². The molecule has 0 saturated carbocycles. The molecule has 0 unspecified atom stereocenters. The largest absolute Gasteiger partial charge is 0.497 e. The smallest absolute Gasteiger partial charge is 0.231 e. The van der Waals surface area contributed by atoms with Crippen LogP contribution in [0.15, 0.2) is 36.4 Å². The number of methoxy groups -OCH3 is 1. The molecule has 0 spiro atoms. The second kappa shape index (κ2) is 8.65. The van der Waals surface area contributed by atoms with E-state index in [0.29, 0.717) is 13.3 Å². The van der Waals surface area contributed by atoms with Crippen molar-refractivity contribution in [2.75, 3.05) is 46.6 Å². The van der Waals surface area contributed by atoms with Crippen molar-refractivity contribution >= 4 is 10.9 Å². The highest BCUT2D eigenvalue weighted by Gasteiger charge is 2.24. The third-order valence-corrected chi connectivity index (χ3v) is 6.82. The van der Waals surface area contributed by atoms with Gasteiger partial charge in [0.2, 0.25) is 6.79 Å². The zero-order valence-corrected chi connectivity index (χ0v) is 19.0. The molecule has 2 aromatic carbocycles. The van der Waals surface area contributed by atoms with Crippen LogP contribution >= 0.6 is 0 Å². The van der Waals surface area contributed by atoms with Crippen LogP contribution in [0.4, 0.5) is 0 Å². The first kappa shape index (κ1) is 21.1. The third kappa shape index (κ3) is 3.92. The molecule has 5 rings (SSSR count). The summed E-state index contributed by atoms with van der Waals surface area (Å²) < 4.78 is 18.5. The van der Waals surface area contributed by atoms with Crippen LogP contribution in [0.5, 0.6) is 17.2 Å². The Kier molecular flexibility index (Phi) is 5.71. The number of benzene rings is 2. The molecule has 1 saturated heterocycles. The zero-order valence-electron chi connectivity index (χ0n) is 19.0. The molecule has 1 aromatic heterocycles. The number of β-amino-alcohol motifs (C(OH)–C–C–N with tert-alkyl or cyclic N) is 1. The Morgan fingerprint density at radius 2 is 1.75 bits per heavy atom. The molecule has 0 bridgehead atoms. The molecule has 170 valence electrons. The van der Waals surface area contributed by atoms with E-state index in [4.69, 9.17) is 14.2 Å². The van der Waals surface area contributed by atoms with Gasteiger partial charge in [0.15, 0.2) is 11.5 Å². The second-order valence-corrected chi connectivity index (χ2v) is 8.72. The summed E-state index contributed by atoms with van der Waals surface area (Å²) in [6.07, 6.45) is -0.536. The van der Waals surface area contributed by atoms with Crippen LogP contribution in [0.1, 0.15) is 22.9 Å². The lowest BCUT2D eigenvalue weighted by molar-refractivity contribution is 0.0703. The van der Waals surface area contributed by atoms with Crippen molar-refractivity contribution in [1.29, 1.82) is 0 Å². The quantitative estimate of drug-likeness (QED) is 0.640. The topological polar surface area (TPSA) is 59.3 Å². The van der Waals surface area contributed by atoms with Gasteiger partial charge in [-0.3, -0.25) is 9.80 Å². The predicted octanol–water partition coefficient (Wildman–Crippen LogP) is 3.08. The number of aliphatic hydroxyl groups is 1. The van der Waals surface area contributed by atoms with E-state index in [1.807, 2.05) is 18.2 Å². The summed E-state index contributed by atoms with van der Waals surface area (Å²) in [6, 6.07) is 12.2. The van der Waals surface area contributed by atoms with Crippen LogP contribution in [-0.2, 0) is 13.6 Å². The van der Waals surface area contributed by atoms with E-state index in [1.165, 1.54) is 5.56 Å². The Balaban J connectivity index is 1.22. The summed E-state index contributed by atoms with van der Waals surface area (Å²) in [5, 5.41) is 12.3. The lowest BCUT2D eigenvalue weighted by atomic mass is 10.0. The molecule has 7 heteroatoms. The van der Waals surface area contributed by atoms with Crippen LogP contribution in [-0.4, -0.2) is 66.1 Å². The van der Waals surface area contributed by atoms with Crippen LogP contribution in [0, 0.1) is 6.92 Å². The van der Waals surface area contributed by atoms with Gasteiger partial charge in [0.1, 0.15) is 5.75 Å².